The van der Waals surface area contributed by atoms with E-state index in [0.29, 0.717) is 10.6 Å². The number of hydrogen-bond donors (Lipinski definition) is 1. The van der Waals surface area contributed by atoms with Crippen LogP contribution in [-0.2, 0) is 0 Å². The lowest BCUT2D eigenvalue weighted by Crippen LogP contribution is -2.00. The number of benzene rings is 2. The third-order valence-electron chi connectivity index (χ3n) is 4.69. The standard InChI is InChI=1S/C21H20N6S/c1-14-9-7-8-12-18(14)20-23-24-21(28)27(20)22-13-19-15(2)25-26(16(19)3)17-10-5-4-6-11-17/h4-13H,1-3H3,(H,24,28)/b22-13+. The summed E-state index contributed by atoms with van der Waals surface area (Å²) in [5.41, 5.74) is 5.99. The van der Waals surface area contributed by atoms with Gasteiger partial charge in [0.15, 0.2) is 5.82 Å². The van der Waals surface area contributed by atoms with Crippen LogP contribution in [0.5, 0.6) is 0 Å². The number of aromatic nitrogens is 5. The molecular weight excluding hydrogens is 368 g/mol. The predicted octanol–water partition coefficient (Wildman–Crippen LogP) is 4.60. The molecule has 0 aliphatic carbocycles. The minimum absolute atomic E-state index is 0.445. The van der Waals surface area contributed by atoms with Crippen molar-refractivity contribution in [2.45, 2.75) is 20.8 Å². The molecule has 0 fully saturated rings. The van der Waals surface area contributed by atoms with Crippen LogP contribution in [0.2, 0.25) is 0 Å². The van der Waals surface area contributed by atoms with Crippen molar-refractivity contribution in [1.82, 2.24) is 24.7 Å². The van der Waals surface area contributed by atoms with E-state index in [9.17, 15) is 0 Å². The number of nitrogens with one attached hydrogen (secondary N) is 1. The molecule has 0 atom stereocenters. The van der Waals surface area contributed by atoms with Gasteiger partial charge in [-0.15, -0.1) is 0 Å². The zero-order valence-electron chi connectivity index (χ0n) is 15.9. The first kappa shape index (κ1) is 18.1. The van der Waals surface area contributed by atoms with Crippen molar-refractivity contribution in [2.24, 2.45) is 5.10 Å². The van der Waals surface area contributed by atoms with E-state index in [1.165, 1.54) is 0 Å². The van der Waals surface area contributed by atoms with Gasteiger partial charge in [-0.2, -0.15) is 20.0 Å². The lowest BCUT2D eigenvalue weighted by molar-refractivity contribution is 0.833. The third kappa shape index (κ3) is 3.20. The first-order chi connectivity index (χ1) is 13.6. The Labute approximate surface area is 168 Å². The maximum atomic E-state index is 5.39. The minimum Gasteiger partial charge on any atom is -0.250 e. The average Bonchev–Trinajstić information content (AvgIpc) is 3.20. The highest BCUT2D eigenvalue weighted by atomic mass is 32.1. The molecule has 0 aliphatic rings. The van der Waals surface area contributed by atoms with Crippen molar-refractivity contribution in [3.05, 3.63) is 81.9 Å². The molecular formula is C21H20N6S. The molecule has 6 nitrogen and oxygen atoms in total. The Morgan fingerprint density at radius 1 is 1.00 bits per heavy atom. The topological polar surface area (TPSA) is 63.8 Å². The second-order valence-electron chi connectivity index (χ2n) is 6.56. The van der Waals surface area contributed by atoms with Gasteiger partial charge in [0.25, 0.3) is 0 Å². The first-order valence-corrected chi connectivity index (χ1v) is 9.36. The zero-order chi connectivity index (χ0) is 19.7. The Morgan fingerprint density at radius 2 is 1.71 bits per heavy atom. The van der Waals surface area contributed by atoms with Gasteiger partial charge in [-0.25, -0.2) is 9.78 Å². The van der Waals surface area contributed by atoms with Gasteiger partial charge in [-0.3, -0.25) is 0 Å². The van der Waals surface area contributed by atoms with Crippen molar-refractivity contribution in [1.29, 1.82) is 0 Å². The van der Waals surface area contributed by atoms with Crippen LogP contribution < -0.4 is 0 Å². The van der Waals surface area contributed by atoms with Crippen LogP contribution in [0.15, 0.2) is 59.7 Å². The normalized spacial score (nSPS) is 11.4. The molecule has 0 saturated carbocycles. The maximum absolute atomic E-state index is 5.39. The SMILES string of the molecule is Cc1ccccc1-c1n[nH]c(=S)n1/N=C/c1c(C)nn(-c2ccccc2)c1C. The van der Waals surface area contributed by atoms with E-state index in [1.807, 2.05) is 80.1 Å². The van der Waals surface area contributed by atoms with Crippen molar-refractivity contribution >= 4 is 18.4 Å². The zero-order valence-corrected chi connectivity index (χ0v) is 16.7. The highest BCUT2D eigenvalue weighted by Crippen LogP contribution is 2.22. The molecule has 2 aromatic carbocycles. The van der Waals surface area contributed by atoms with Gasteiger partial charge in [0.2, 0.25) is 4.77 Å². The number of rotatable bonds is 4. The highest BCUT2D eigenvalue weighted by molar-refractivity contribution is 7.71. The number of para-hydroxylation sites is 1. The van der Waals surface area contributed by atoms with E-state index in [4.69, 9.17) is 12.2 Å². The molecule has 28 heavy (non-hydrogen) atoms. The van der Waals surface area contributed by atoms with E-state index in [0.717, 1.165) is 33.8 Å². The van der Waals surface area contributed by atoms with Crippen molar-refractivity contribution in [2.75, 3.05) is 0 Å². The van der Waals surface area contributed by atoms with E-state index in [2.05, 4.69) is 20.4 Å². The maximum Gasteiger partial charge on any atom is 0.216 e. The Balaban J connectivity index is 1.76. The van der Waals surface area contributed by atoms with Crippen molar-refractivity contribution in [3.63, 3.8) is 0 Å². The lowest BCUT2D eigenvalue weighted by Gasteiger charge is -2.05. The third-order valence-corrected chi connectivity index (χ3v) is 4.95. The largest absolute Gasteiger partial charge is 0.250 e. The van der Waals surface area contributed by atoms with E-state index < -0.39 is 0 Å². The smallest absolute Gasteiger partial charge is 0.216 e. The van der Waals surface area contributed by atoms with E-state index in [-0.39, 0.29) is 0 Å². The number of H-pyrrole nitrogens is 1. The summed E-state index contributed by atoms with van der Waals surface area (Å²) < 4.78 is 4.02. The molecule has 0 bridgehead atoms. The van der Waals surface area contributed by atoms with E-state index in [1.54, 1.807) is 10.9 Å². The molecule has 4 rings (SSSR count). The molecule has 0 saturated heterocycles. The Bertz CT molecular complexity index is 1210. The van der Waals surface area contributed by atoms with Gasteiger partial charge in [0.05, 0.1) is 23.3 Å². The average molecular weight is 389 g/mol. The molecule has 1 N–H and O–H groups in total. The molecule has 7 heteroatoms. The van der Waals surface area contributed by atoms with Crippen LogP contribution in [0.4, 0.5) is 0 Å². The fraction of sp³-hybridized carbons (Fsp3) is 0.143. The summed E-state index contributed by atoms with van der Waals surface area (Å²) in [6.07, 6.45) is 1.80. The summed E-state index contributed by atoms with van der Waals surface area (Å²) in [4.78, 5) is 0. The molecule has 0 aliphatic heterocycles. The summed E-state index contributed by atoms with van der Waals surface area (Å²) in [7, 11) is 0. The van der Waals surface area contributed by atoms with Gasteiger partial charge in [0, 0.05) is 11.1 Å². The van der Waals surface area contributed by atoms with Gasteiger partial charge in [-0.05, 0) is 50.7 Å². The molecule has 2 heterocycles. The minimum atomic E-state index is 0.445. The van der Waals surface area contributed by atoms with Crippen LogP contribution >= 0.6 is 12.2 Å². The van der Waals surface area contributed by atoms with Crippen molar-refractivity contribution < 1.29 is 0 Å². The summed E-state index contributed by atoms with van der Waals surface area (Å²) in [5.74, 6) is 0.685. The Kier molecular flexibility index (Phi) is 4.75. The molecule has 0 unspecified atom stereocenters. The van der Waals surface area contributed by atoms with Gasteiger partial charge in [0.1, 0.15) is 0 Å². The molecule has 4 aromatic rings. The molecule has 0 spiro atoms. The molecule has 2 aromatic heterocycles. The van der Waals surface area contributed by atoms with Crippen LogP contribution in [0.25, 0.3) is 17.1 Å². The van der Waals surface area contributed by atoms with Gasteiger partial charge >= 0.3 is 0 Å². The second-order valence-corrected chi connectivity index (χ2v) is 6.94. The number of aryl methyl sites for hydroxylation is 2. The highest BCUT2D eigenvalue weighted by Gasteiger charge is 2.13. The number of aromatic amines is 1. The first-order valence-electron chi connectivity index (χ1n) is 8.95. The molecule has 0 amide bonds. The van der Waals surface area contributed by atoms with Crippen LogP contribution in [-0.4, -0.2) is 30.9 Å². The monoisotopic (exact) mass is 388 g/mol. The summed E-state index contributed by atoms with van der Waals surface area (Å²) in [6, 6.07) is 18.1. The fourth-order valence-corrected chi connectivity index (χ4v) is 3.35. The van der Waals surface area contributed by atoms with Crippen LogP contribution in [0, 0.1) is 25.5 Å². The summed E-state index contributed by atoms with van der Waals surface area (Å²) in [5, 5.41) is 16.5. The van der Waals surface area contributed by atoms with Crippen LogP contribution in [0.1, 0.15) is 22.5 Å². The Hall–Kier alpha value is -3.32. The van der Waals surface area contributed by atoms with Gasteiger partial charge in [-0.1, -0.05) is 42.5 Å². The Morgan fingerprint density at radius 3 is 2.46 bits per heavy atom. The van der Waals surface area contributed by atoms with Crippen LogP contribution in [0.3, 0.4) is 0 Å². The summed E-state index contributed by atoms with van der Waals surface area (Å²) in [6.45, 7) is 6.05. The molecule has 140 valence electrons. The lowest BCUT2D eigenvalue weighted by atomic mass is 10.1. The molecule has 0 radical (unpaired) electrons. The van der Waals surface area contributed by atoms with Gasteiger partial charge < -0.3 is 0 Å². The van der Waals surface area contributed by atoms with E-state index >= 15 is 0 Å². The van der Waals surface area contributed by atoms with Crippen molar-refractivity contribution in [3.8, 4) is 17.1 Å². The number of hydrogen-bond acceptors (Lipinski definition) is 4. The second kappa shape index (κ2) is 7.36. The summed E-state index contributed by atoms with van der Waals surface area (Å²) >= 11 is 5.39. The fourth-order valence-electron chi connectivity index (χ4n) is 3.17. The quantitative estimate of drug-likeness (QED) is 0.410. The number of nitrogens with zero attached hydrogens (tertiary/aromatic N) is 5. The predicted molar refractivity (Wildman–Crippen MR) is 114 cm³/mol.